The van der Waals surface area contributed by atoms with E-state index in [4.69, 9.17) is 10.8 Å². The molecule has 1 aliphatic rings. The highest BCUT2D eigenvalue weighted by molar-refractivity contribution is 5.80. The van der Waals surface area contributed by atoms with Crippen LogP contribution in [0.5, 0.6) is 0 Å². The van der Waals surface area contributed by atoms with Crippen molar-refractivity contribution in [3.05, 3.63) is 30.3 Å². The SMILES string of the molecule is NC1(C(=O)O)CCCN(c2ccccc2)C1. The number of nitrogens with zero attached hydrogens (tertiary/aromatic N) is 1. The number of benzene rings is 1. The third kappa shape index (κ3) is 2.02. The second-order valence-electron chi connectivity index (χ2n) is 4.32. The molecule has 4 nitrogen and oxygen atoms in total. The topological polar surface area (TPSA) is 66.6 Å². The Morgan fingerprint density at radius 3 is 2.69 bits per heavy atom. The van der Waals surface area contributed by atoms with Crippen molar-refractivity contribution in [1.82, 2.24) is 0 Å². The number of rotatable bonds is 2. The summed E-state index contributed by atoms with van der Waals surface area (Å²) in [6.07, 6.45) is 1.36. The fraction of sp³-hybridized carbons (Fsp3) is 0.417. The molecule has 0 amide bonds. The third-order valence-electron chi connectivity index (χ3n) is 3.07. The Morgan fingerprint density at radius 1 is 1.38 bits per heavy atom. The molecule has 1 atom stereocenters. The zero-order valence-corrected chi connectivity index (χ0v) is 9.10. The number of para-hydroxylation sites is 1. The highest BCUT2D eigenvalue weighted by atomic mass is 16.4. The van der Waals surface area contributed by atoms with Crippen molar-refractivity contribution in [2.24, 2.45) is 5.73 Å². The lowest BCUT2D eigenvalue weighted by molar-refractivity contribution is -0.143. The molecule has 2 rings (SSSR count). The predicted octanol–water partition coefficient (Wildman–Crippen LogP) is 1.07. The number of aliphatic carboxylic acids is 1. The van der Waals surface area contributed by atoms with Crippen molar-refractivity contribution in [3.63, 3.8) is 0 Å². The van der Waals surface area contributed by atoms with Gasteiger partial charge in [0.05, 0.1) is 0 Å². The highest BCUT2D eigenvalue weighted by Crippen LogP contribution is 2.24. The van der Waals surface area contributed by atoms with Crippen molar-refractivity contribution in [3.8, 4) is 0 Å². The molecule has 1 aromatic rings. The monoisotopic (exact) mass is 220 g/mol. The maximum Gasteiger partial charge on any atom is 0.325 e. The van der Waals surface area contributed by atoms with Crippen molar-refractivity contribution < 1.29 is 9.90 Å². The lowest BCUT2D eigenvalue weighted by Gasteiger charge is -2.38. The summed E-state index contributed by atoms with van der Waals surface area (Å²) in [5.41, 5.74) is 5.83. The predicted molar refractivity (Wildman–Crippen MR) is 62.4 cm³/mol. The van der Waals surface area contributed by atoms with Crippen LogP contribution in [-0.2, 0) is 4.79 Å². The van der Waals surface area contributed by atoms with Gasteiger partial charge in [-0.15, -0.1) is 0 Å². The van der Waals surface area contributed by atoms with Crippen LogP contribution in [0.3, 0.4) is 0 Å². The van der Waals surface area contributed by atoms with Gasteiger partial charge in [-0.1, -0.05) is 18.2 Å². The lowest BCUT2D eigenvalue weighted by Crippen LogP contribution is -2.59. The summed E-state index contributed by atoms with van der Waals surface area (Å²) in [5.74, 6) is -0.909. The normalized spacial score (nSPS) is 25.4. The second kappa shape index (κ2) is 4.14. The molecule has 86 valence electrons. The van der Waals surface area contributed by atoms with Crippen LogP contribution in [0.4, 0.5) is 5.69 Å². The third-order valence-corrected chi connectivity index (χ3v) is 3.07. The maximum absolute atomic E-state index is 11.1. The Kier molecular flexibility index (Phi) is 2.83. The Morgan fingerprint density at radius 2 is 2.06 bits per heavy atom. The summed E-state index contributed by atoms with van der Waals surface area (Å²) < 4.78 is 0. The van der Waals surface area contributed by atoms with E-state index in [1.54, 1.807) is 0 Å². The van der Waals surface area contributed by atoms with E-state index in [0.717, 1.165) is 18.7 Å². The first kappa shape index (κ1) is 11.0. The van der Waals surface area contributed by atoms with Crippen molar-refractivity contribution >= 4 is 11.7 Å². The number of hydrogen-bond acceptors (Lipinski definition) is 3. The van der Waals surface area contributed by atoms with E-state index in [2.05, 4.69) is 0 Å². The van der Waals surface area contributed by atoms with Gasteiger partial charge in [-0.25, -0.2) is 0 Å². The van der Waals surface area contributed by atoms with Gasteiger partial charge in [0.25, 0.3) is 0 Å². The quantitative estimate of drug-likeness (QED) is 0.782. The minimum absolute atomic E-state index is 0.381. The van der Waals surface area contributed by atoms with Gasteiger partial charge < -0.3 is 15.7 Å². The van der Waals surface area contributed by atoms with Gasteiger partial charge in [0.1, 0.15) is 5.54 Å². The van der Waals surface area contributed by atoms with Crippen molar-refractivity contribution in [2.45, 2.75) is 18.4 Å². The zero-order chi connectivity index (χ0) is 11.6. The number of carbonyl (C=O) groups is 1. The lowest BCUT2D eigenvalue weighted by atomic mass is 9.90. The first-order valence-corrected chi connectivity index (χ1v) is 5.44. The number of carboxylic acids is 1. The number of carboxylic acid groups (broad SMARTS) is 1. The van der Waals surface area contributed by atoms with Crippen LogP contribution < -0.4 is 10.6 Å². The molecule has 0 radical (unpaired) electrons. The fourth-order valence-electron chi connectivity index (χ4n) is 2.12. The summed E-state index contributed by atoms with van der Waals surface area (Å²) in [6.45, 7) is 1.25. The van der Waals surface area contributed by atoms with Crippen LogP contribution in [0, 0.1) is 0 Å². The molecule has 1 aromatic carbocycles. The average molecular weight is 220 g/mol. The van der Waals surface area contributed by atoms with E-state index < -0.39 is 11.5 Å². The second-order valence-corrected chi connectivity index (χ2v) is 4.32. The number of anilines is 1. The molecule has 16 heavy (non-hydrogen) atoms. The fourth-order valence-corrected chi connectivity index (χ4v) is 2.12. The number of hydrogen-bond donors (Lipinski definition) is 2. The van der Waals surface area contributed by atoms with E-state index in [1.807, 2.05) is 35.2 Å². The van der Waals surface area contributed by atoms with Gasteiger partial charge >= 0.3 is 5.97 Å². The maximum atomic E-state index is 11.1. The summed E-state index contributed by atoms with van der Waals surface area (Å²) in [5, 5.41) is 9.11. The van der Waals surface area contributed by atoms with E-state index in [-0.39, 0.29) is 0 Å². The van der Waals surface area contributed by atoms with Crippen molar-refractivity contribution in [2.75, 3.05) is 18.0 Å². The first-order valence-electron chi connectivity index (χ1n) is 5.44. The van der Waals surface area contributed by atoms with Gasteiger partial charge in [-0.05, 0) is 25.0 Å². The molecule has 0 aromatic heterocycles. The van der Waals surface area contributed by atoms with Crippen LogP contribution in [0.25, 0.3) is 0 Å². The number of nitrogens with two attached hydrogens (primary N) is 1. The molecule has 0 spiro atoms. The molecule has 1 unspecified atom stereocenters. The Bertz CT molecular complexity index is 380. The van der Waals surface area contributed by atoms with Gasteiger partial charge in [0, 0.05) is 18.8 Å². The summed E-state index contributed by atoms with van der Waals surface area (Å²) >= 11 is 0. The highest BCUT2D eigenvalue weighted by Gasteiger charge is 2.38. The van der Waals surface area contributed by atoms with Crippen LogP contribution in [0.1, 0.15) is 12.8 Å². The summed E-state index contributed by atoms with van der Waals surface area (Å²) in [6, 6.07) is 9.80. The first-order chi connectivity index (χ1) is 7.62. The summed E-state index contributed by atoms with van der Waals surface area (Å²) in [4.78, 5) is 13.1. The molecule has 1 saturated heterocycles. The Hall–Kier alpha value is -1.55. The van der Waals surface area contributed by atoms with Crippen molar-refractivity contribution in [1.29, 1.82) is 0 Å². The van der Waals surface area contributed by atoms with E-state index in [9.17, 15) is 4.79 Å². The van der Waals surface area contributed by atoms with E-state index in [0.29, 0.717) is 13.0 Å². The smallest absolute Gasteiger partial charge is 0.325 e. The van der Waals surface area contributed by atoms with E-state index >= 15 is 0 Å². The minimum Gasteiger partial charge on any atom is -0.480 e. The molecule has 0 aliphatic carbocycles. The van der Waals surface area contributed by atoms with Gasteiger partial charge in [-0.3, -0.25) is 4.79 Å². The van der Waals surface area contributed by atoms with Crippen LogP contribution in [0.15, 0.2) is 30.3 Å². The molecular formula is C12H16N2O2. The largest absolute Gasteiger partial charge is 0.480 e. The minimum atomic E-state index is -1.10. The van der Waals surface area contributed by atoms with Gasteiger partial charge in [-0.2, -0.15) is 0 Å². The average Bonchev–Trinajstić information content (AvgIpc) is 2.30. The van der Waals surface area contributed by atoms with Gasteiger partial charge in [0.2, 0.25) is 0 Å². The van der Waals surface area contributed by atoms with Crippen LogP contribution in [0.2, 0.25) is 0 Å². The molecule has 4 heteroatoms. The number of piperidine rings is 1. The molecule has 0 saturated carbocycles. The molecular weight excluding hydrogens is 204 g/mol. The zero-order valence-electron chi connectivity index (χ0n) is 9.10. The molecule has 1 heterocycles. The standard InChI is InChI=1S/C12H16N2O2/c13-12(11(15)16)7-4-8-14(9-12)10-5-2-1-3-6-10/h1-3,5-6H,4,7-9,13H2,(H,15,16). The Balaban J connectivity index is 2.17. The molecule has 1 aliphatic heterocycles. The summed E-state index contributed by atoms with van der Waals surface area (Å²) in [7, 11) is 0. The van der Waals surface area contributed by atoms with Crippen LogP contribution >= 0.6 is 0 Å². The van der Waals surface area contributed by atoms with E-state index in [1.165, 1.54) is 0 Å². The molecule has 0 bridgehead atoms. The molecule has 1 fully saturated rings. The van der Waals surface area contributed by atoms with Crippen LogP contribution in [-0.4, -0.2) is 29.7 Å². The molecule has 3 N–H and O–H groups in total. The Labute approximate surface area is 94.7 Å². The van der Waals surface area contributed by atoms with Gasteiger partial charge in [0.15, 0.2) is 0 Å².